The van der Waals surface area contributed by atoms with Crippen LogP contribution in [0.1, 0.15) is 30.1 Å². The van der Waals surface area contributed by atoms with E-state index in [2.05, 4.69) is 10.3 Å². The van der Waals surface area contributed by atoms with Crippen molar-refractivity contribution in [3.8, 4) is 0 Å². The van der Waals surface area contributed by atoms with Crippen LogP contribution in [0.2, 0.25) is 0 Å². The van der Waals surface area contributed by atoms with Gasteiger partial charge in [-0.2, -0.15) is 0 Å². The Morgan fingerprint density at radius 2 is 2.24 bits per heavy atom. The largest absolute Gasteiger partial charge is 0.363 e. The van der Waals surface area contributed by atoms with Crippen molar-refractivity contribution in [1.82, 2.24) is 15.2 Å². The highest BCUT2D eigenvalue weighted by atomic mass is 16.5. The summed E-state index contributed by atoms with van der Waals surface area (Å²) >= 11 is 0. The number of nitrogens with one attached hydrogen (secondary N) is 1. The van der Waals surface area contributed by atoms with Crippen LogP contribution in [-0.2, 0) is 9.53 Å². The number of pyridine rings is 1. The molecular formula is C15H19N3O3. The molecule has 112 valence electrons. The van der Waals surface area contributed by atoms with E-state index in [9.17, 15) is 9.59 Å². The van der Waals surface area contributed by atoms with Crippen molar-refractivity contribution >= 4 is 11.8 Å². The van der Waals surface area contributed by atoms with E-state index in [1.807, 2.05) is 11.8 Å². The summed E-state index contributed by atoms with van der Waals surface area (Å²) in [6.07, 6.45) is 4.72. The number of hydrogen-bond acceptors (Lipinski definition) is 4. The van der Waals surface area contributed by atoms with Crippen LogP contribution in [0.3, 0.4) is 0 Å². The zero-order valence-electron chi connectivity index (χ0n) is 12.0. The summed E-state index contributed by atoms with van der Waals surface area (Å²) in [4.78, 5) is 29.5. The molecule has 0 aliphatic carbocycles. The zero-order chi connectivity index (χ0) is 14.9. The first kappa shape index (κ1) is 14.0. The number of nitrogens with zero attached hydrogens (tertiary/aromatic N) is 2. The van der Waals surface area contributed by atoms with Crippen LogP contribution in [0.25, 0.3) is 0 Å². The third kappa shape index (κ3) is 2.63. The van der Waals surface area contributed by atoms with Gasteiger partial charge in [0.25, 0.3) is 5.91 Å². The Hall–Kier alpha value is -1.95. The lowest BCUT2D eigenvalue weighted by Gasteiger charge is -2.47. The molecule has 1 aromatic heterocycles. The fourth-order valence-corrected chi connectivity index (χ4v) is 3.09. The second-order valence-corrected chi connectivity index (χ2v) is 5.68. The van der Waals surface area contributed by atoms with Gasteiger partial charge in [0.05, 0.1) is 17.2 Å². The highest BCUT2D eigenvalue weighted by molar-refractivity contribution is 5.93. The van der Waals surface area contributed by atoms with Crippen molar-refractivity contribution in [2.24, 2.45) is 0 Å². The van der Waals surface area contributed by atoms with Gasteiger partial charge in [0.15, 0.2) is 0 Å². The van der Waals surface area contributed by atoms with Crippen molar-refractivity contribution < 1.29 is 14.3 Å². The molecule has 3 heterocycles. The van der Waals surface area contributed by atoms with E-state index >= 15 is 0 Å². The summed E-state index contributed by atoms with van der Waals surface area (Å²) in [6.45, 7) is 3.35. The van der Waals surface area contributed by atoms with Crippen molar-refractivity contribution in [3.63, 3.8) is 0 Å². The molecule has 1 spiro atoms. The van der Waals surface area contributed by atoms with Gasteiger partial charge in [0.1, 0.15) is 6.61 Å². The Kier molecular flexibility index (Phi) is 3.63. The molecule has 0 unspecified atom stereocenters. The molecule has 1 atom stereocenters. The minimum Gasteiger partial charge on any atom is -0.363 e. The van der Waals surface area contributed by atoms with Crippen LogP contribution < -0.4 is 5.32 Å². The highest BCUT2D eigenvalue weighted by Crippen LogP contribution is 2.32. The molecule has 0 bridgehead atoms. The number of hydrogen-bond donors (Lipinski definition) is 1. The Labute approximate surface area is 123 Å². The number of aromatic nitrogens is 1. The number of ether oxygens (including phenoxy) is 1. The maximum Gasteiger partial charge on any atom is 0.255 e. The minimum atomic E-state index is -0.334. The van der Waals surface area contributed by atoms with Crippen molar-refractivity contribution in [2.75, 3.05) is 19.7 Å². The predicted molar refractivity (Wildman–Crippen MR) is 75.7 cm³/mol. The number of morpholine rings is 1. The third-order valence-electron chi connectivity index (χ3n) is 4.46. The molecule has 6 heteroatoms. The molecule has 21 heavy (non-hydrogen) atoms. The normalized spacial score (nSPS) is 24.7. The summed E-state index contributed by atoms with van der Waals surface area (Å²) in [6, 6.07) is 3.52. The quantitative estimate of drug-likeness (QED) is 0.821. The van der Waals surface area contributed by atoms with Crippen molar-refractivity contribution in [1.29, 1.82) is 0 Å². The van der Waals surface area contributed by atoms with Gasteiger partial charge in [-0.25, -0.2) is 0 Å². The summed E-state index contributed by atoms with van der Waals surface area (Å²) in [5.74, 6) is -0.0626. The number of likely N-dealkylation sites (tertiary alicyclic amines) is 1. The lowest BCUT2D eigenvalue weighted by Crippen LogP contribution is -2.63. The molecule has 2 aliphatic rings. The molecule has 3 rings (SSSR count). The Morgan fingerprint density at radius 3 is 2.86 bits per heavy atom. The molecule has 1 aromatic rings. The van der Waals surface area contributed by atoms with Gasteiger partial charge in [-0.15, -0.1) is 0 Å². The fourth-order valence-electron chi connectivity index (χ4n) is 3.09. The number of amides is 2. The molecule has 2 aliphatic heterocycles. The lowest BCUT2D eigenvalue weighted by molar-refractivity contribution is -0.158. The molecule has 0 radical (unpaired) electrons. The van der Waals surface area contributed by atoms with Gasteiger partial charge in [0, 0.05) is 25.5 Å². The maximum absolute atomic E-state index is 12.4. The fraction of sp³-hybridized carbons (Fsp3) is 0.533. The Morgan fingerprint density at radius 1 is 1.48 bits per heavy atom. The van der Waals surface area contributed by atoms with Gasteiger partial charge in [-0.05, 0) is 31.9 Å². The Bertz CT molecular complexity index is 538. The van der Waals surface area contributed by atoms with Gasteiger partial charge in [0.2, 0.25) is 5.91 Å². The molecule has 6 nitrogen and oxygen atoms in total. The first-order chi connectivity index (χ1) is 10.1. The first-order valence-electron chi connectivity index (χ1n) is 7.23. The van der Waals surface area contributed by atoms with E-state index < -0.39 is 0 Å². The molecular weight excluding hydrogens is 270 g/mol. The standard InChI is InChI=1S/C15H19N3O3/c1-11-15(21-10-13(19)17-11)4-7-18(8-5-15)14(20)12-3-2-6-16-9-12/h2-3,6,9,11H,4-5,7-8,10H2,1H3,(H,17,19)/t11-/m0/s1. The van der Waals surface area contributed by atoms with Crippen LogP contribution >= 0.6 is 0 Å². The average molecular weight is 289 g/mol. The average Bonchev–Trinajstić information content (AvgIpc) is 2.52. The minimum absolute atomic E-state index is 0.00504. The second-order valence-electron chi connectivity index (χ2n) is 5.68. The van der Waals surface area contributed by atoms with E-state index in [4.69, 9.17) is 4.74 Å². The smallest absolute Gasteiger partial charge is 0.255 e. The van der Waals surface area contributed by atoms with Crippen LogP contribution in [0, 0.1) is 0 Å². The lowest BCUT2D eigenvalue weighted by atomic mass is 9.83. The topological polar surface area (TPSA) is 71.5 Å². The van der Waals surface area contributed by atoms with E-state index in [1.165, 1.54) is 0 Å². The van der Waals surface area contributed by atoms with E-state index in [0.29, 0.717) is 18.7 Å². The Balaban J connectivity index is 1.65. The van der Waals surface area contributed by atoms with Gasteiger partial charge < -0.3 is 15.0 Å². The van der Waals surface area contributed by atoms with Crippen LogP contribution in [0.15, 0.2) is 24.5 Å². The SMILES string of the molecule is C[C@@H]1NC(=O)COC12CCN(C(=O)c1cccnc1)CC2. The molecule has 1 N–H and O–H groups in total. The maximum atomic E-state index is 12.4. The van der Waals surface area contributed by atoms with Gasteiger partial charge in [-0.3, -0.25) is 14.6 Å². The number of piperidine rings is 1. The van der Waals surface area contributed by atoms with E-state index in [0.717, 1.165) is 12.8 Å². The number of carbonyl (C=O) groups excluding carboxylic acids is 2. The highest BCUT2D eigenvalue weighted by Gasteiger charge is 2.44. The monoisotopic (exact) mass is 289 g/mol. The van der Waals surface area contributed by atoms with Crippen LogP contribution in [-0.4, -0.2) is 53.0 Å². The van der Waals surface area contributed by atoms with Crippen LogP contribution in [0.5, 0.6) is 0 Å². The third-order valence-corrected chi connectivity index (χ3v) is 4.46. The van der Waals surface area contributed by atoms with Crippen molar-refractivity contribution in [2.45, 2.75) is 31.4 Å². The number of rotatable bonds is 1. The van der Waals surface area contributed by atoms with E-state index in [-0.39, 0.29) is 30.1 Å². The molecule has 2 fully saturated rings. The summed E-state index contributed by atoms with van der Waals surface area (Å²) in [7, 11) is 0. The molecule has 2 amide bonds. The summed E-state index contributed by atoms with van der Waals surface area (Å²) in [5.41, 5.74) is 0.277. The van der Waals surface area contributed by atoms with Gasteiger partial charge >= 0.3 is 0 Å². The summed E-state index contributed by atoms with van der Waals surface area (Å²) < 4.78 is 5.80. The predicted octanol–water partition coefficient (Wildman–Crippen LogP) is 0.591. The van der Waals surface area contributed by atoms with Crippen LogP contribution in [0.4, 0.5) is 0 Å². The zero-order valence-corrected chi connectivity index (χ0v) is 12.0. The van der Waals surface area contributed by atoms with Crippen molar-refractivity contribution in [3.05, 3.63) is 30.1 Å². The molecule has 0 aromatic carbocycles. The molecule has 2 saturated heterocycles. The summed E-state index contributed by atoms with van der Waals surface area (Å²) in [5, 5.41) is 2.94. The number of carbonyl (C=O) groups is 2. The first-order valence-corrected chi connectivity index (χ1v) is 7.23. The van der Waals surface area contributed by atoms with E-state index in [1.54, 1.807) is 24.5 Å². The second kappa shape index (κ2) is 5.44. The van der Waals surface area contributed by atoms with Gasteiger partial charge in [-0.1, -0.05) is 0 Å². The molecule has 0 saturated carbocycles.